The lowest BCUT2D eigenvalue weighted by Crippen LogP contribution is -2.41. The SMILES string of the molecule is CCCCCCCCCCCCCCCCCC(=O)OC1CNCCO1. The van der Waals surface area contributed by atoms with Gasteiger partial charge in [-0.25, -0.2) is 0 Å². The summed E-state index contributed by atoms with van der Waals surface area (Å²) < 4.78 is 10.7. The zero-order valence-corrected chi connectivity index (χ0v) is 17.2. The normalized spacial score (nSPS) is 17.3. The fourth-order valence-electron chi connectivity index (χ4n) is 3.46. The second kappa shape index (κ2) is 17.8. The number of ether oxygens (including phenoxy) is 2. The van der Waals surface area contributed by atoms with E-state index in [0.29, 0.717) is 19.6 Å². The number of unbranched alkanes of at least 4 members (excludes halogenated alkanes) is 14. The highest BCUT2D eigenvalue weighted by molar-refractivity contribution is 5.69. The molecule has 1 N–H and O–H groups in total. The molecular formula is C22H43NO3. The molecule has 1 atom stereocenters. The lowest BCUT2D eigenvalue weighted by atomic mass is 10.0. The molecule has 26 heavy (non-hydrogen) atoms. The highest BCUT2D eigenvalue weighted by Gasteiger charge is 2.17. The van der Waals surface area contributed by atoms with Gasteiger partial charge in [-0.05, 0) is 6.42 Å². The van der Waals surface area contributed by atoms with Crippen molar-refractivity contribution in [3.63, 3.8) is 0 Å². The van der Waals surface area contributed by atoms with Gasteiger partial charge in [-0.3, -0.25) is 4.79 Å². The van der Waals surface area contributed by atoms with Crippen molar-refractivity contribution in [1.29, 1.82) is 0 Å². The fraction of sp³-hybridized carbons (Fsp3) is 0.955. The highest BCUT2D eigenvalue weighted by Crippen LogP contribution is 2.14. The average Bonchev–Trinajstić information content (AvgIpc) is 2.65. The Bertz CT molecular complexity index is 317. The molecule has 1 rings (SSSR count). The van der Waals surface area contributed by atoms with Gasteiger partial charge < -0.3 is 14.8 Å². The summed E-state index contributed by atoms with van der Waals surface area (Å²) in [5.41, 5.74) is 0. The van der Waals surface area contributed by atoms with Gasteiger partial charge >= 0.3 is 5.97 Å². The molecule has 1 aliphatic rings. The molecule has 0 aliphatic carbocycles. The molecule has 1 fully saturated rings. The number of hydrogen-bond donors (Lipinski definition) is 1. The van der Waals surface area contributed by atoms with Gasteiger partial charge in [-0.1, -0.05) is 96.8 Å². The van der Waals surface area contributed by atoms with Crippen LogP contribution in [0.25, 0.3) is 0 Å². The number of nitrogens with one attached hydrogen (secondary N) is 1. The van der Waals surface area contributed by atoms with Gasteiger partial charge in [0.15, 0.2) is 0 Å². The molecule has 0 radical (unpaired) electrons. The first kappa shape index (κ1) is 23.4. The zero-order chi connectivity index (χ0) is 18.7. The van der Waals surface area contributed by atoms with Crippen molar-refractivity contribution in [2.45, 2.75) is 116 Å². The minimum Gasteiger partial charge on any atom is -0.434 e. The van der Waals surface area contributed by atoms with Gasteiger partial charge in [-0.2, -0.15) is 0 Å². The second-order valence-electron chi connectivity index (χ2n) is 7.69. The monoisotopic (exact) mass is 369 g/mol. The number of hydrogen-bond acceptors (Lipinski definition) is 4. The summed E-state index contributed by atoms with van der Waals surface area (Å²) in [7, 11) is 0. The fourth-order valence-corrected chi connectivity index (χ4v) is 3.46. The van der Waals surface area contributed by atoms with E-state index in [4.69, 9.17) is 9.47 Å². The first-order valence-corrected chi connectivity index (χ1v) is 11.3. The molecule has 0 bridgehead atoms. The maximum Gasteiger partial charge on any atom is 0.308 e. The Hall–Kier alpha value is -0.610. The van der Waals surface area contributed by atoms with E-state index >= 15 is 0 Å². The minimum atomic E-state index is -0.382. The van der Waals surface area contributed by atoms with Crippen LogP contribution in [-0.2, 0) is 14.3 Å². The molecule has 0 aromatic heterocycles. The predicted molar refractivity (Wildman–Crippen MR) is 108 cm³/mol. The maximum absolute atomic E-state index is 11.7. The van der Waals surface area contributed by atoms with Crippen molar-refractivity contribution in [1.82, 2.24) is 5.32 Å². The second-order valence-corrected chi connectivity index (χ2v) is 7.69. The van der Waals surface area contributed by atoms with Crippen molar-refractivity contribution < 1.29 is 14.3 Å². The van der Waals surface area contributed by atoms with Gasteiger partial charge in [0.2, 0.25) is 6.29 Å². The average molecular weight is 370 g/mol. The Morgan fingerprint density at radius 2 is 1.35 bits per heavy atom. The number of carbonyl (C=O) groups excluding carboxylic acids is 1. The highest BCUT2D eigenvalue weighted by atomic mass is 16.7. The van der Waals surface area contributed by atoms with Crippen LogP contribution in [0.2, 0.25) is 0 Å². The molecule has 154 valence electrons. The summed E-state index contributed by atoms with van der Waals surface area (Å²) in [6.07, 6.45) is 20.2. The van der Waals surface area contributed by atoms with Crippen LogP contribution in [0.4, 0.5) is 0 Å². The van der Waals surface area contributed by atoms with Gasteiger partial charge in [0.25, 0.3) is 0 Å². The van der Waals surface area contributed by atoms with Crippen molar-refractivity contribution in [2.75, 3.05) is 19.7 Å². The molecule has 0 amide bonds. The van der Waals surface area contributed by atoms with Gasteiger partial charge in [-0.15, -0.1) is 0 Å². The molecule has 4 nitrogen and oxygen atoms in total. The molecule has 1 saturated heterocycles. The Morgan fingerprint density at radius 3 is 1.81 bits per heavy atom. The molecular weight excluding hydrogens is 326 g/mol. The Kier molecular flexibility index (Phi) is 16.0. The van der Waals surface area contributed by atoms with Crippen LogP contribution in [0.5, 0.6) is 0 Å². The standard InChI is InChI=1S/C22H43NO3/c1-2-3-4-5-6-7-8-9-10-11-12-13-14-15-16-17-21(24)26-22-20-23-18-19-25-22/h22-23H,2-20H2,1H3. The van der Waals surface area contributed by atoms with Crippen molar-refractivity contribution >= 4 is 5.97 Å². The van der Waals surface area contributed by atoms with Crippen molar-refractivity contribution in [3.8, 4) is 0 Å². The number of esters is 1. The number of morpholine rings is 1. The maximum atomic E-state index is 11.7. The Morgan fingerprint density at radius 1 is 0.846 bits per heavy atom. The van der Waals surface area contributed by atoms with E-state index < -0.39 is 0 Å². The number of carbonyl (C=O) groups is 1. The summed E-state index contributed by atoms with van der Waals surface area (Å²) >= 11 is 0. The van der Waals surface area contributed by atoms with E-state index in [9.17, 15) is 4.79 Å². The molecule has 1 unspecified atom stereocenters. The molecule has 0 spiro atoms. The molecule has 0 saturated carbocycles. The third kappa shape index (κ3) is 14.5. The van der Waals surface area contributed by atoms with E-state index in [1.165, 1.54) is 83.5 Å². The lowest BCUT2D eigenvalue weighted by Gasteiger charge is -2.23. The van der Waals surface area contributed by atoms with Crippen molar-refractivity contribution in [2.24, 2.45) is 0 Å². The number of rotatable bonds is 17. The van der Waals surface area contributed by atoms with E-state index in [1.54, 1.807) is 0 Å². The van der Waals surface area contributed by atoms with E-state index in [-0.39, 0.29) is 12.3 Å². The third-order valence-electron chi connectivity index (χ3n) is 5.14. The quantitative estimate of drug-likeness (QED) is 0.262. The zero-order valence-electron chi connectivity index (χ0n) is 17.2. The molecule has 1 aliphatic heterocycles. The molecule has 4 heteroatoms. The molecule has 0 aromatic carbocycles. The van der Waals surface area contributed by atoms with Crippen LogP contribution < -0.4 is 5.32 Å². The van der Waals surface area contributed by atoms with Crippen LogP contribution in [0, 0.1) is 0 Å². The third-order valence-corrected chi connectivity index (χ3v) is 5.14. The smallest absolute Gasteiger partial charge is 0.308 e. The Balaban J connectivity index is 1.73. The largest absolute Gasteiger partial charge is 0.434 e. The van der Waals surface area contributed by atoms with Gasteiger partial charge in [0.05, 0.1) is 13.2 Å². The predicted octanol–water partition coefficient (Wildman–Crippen LogP) is 5.74. The van der Waals surface area contributed by atoms with Crippen molar-refractivity contribution in [3.05, 3.63) is 0 Å². The topological polar surface area (TPSA) is 47.6 Å². The summed E-state index contributed by atoms with van der Waals surface area (Å²) in [4.78, 5) is 11.7. The van der Waals surface area contributed by atoms with E-state index in [1.807, 2.05) is 0 Å². The first-order chi connectivity index (χ1) is 12.8. The molecule has 1 heterocycles. The van der Waals surface area contributed by atoms with Crippen LogP contribution in [-0.4, -0.2) is 32.0 Å². The minimum absolute atomic E-state index is 0.117. The van der Waals surface area contributed by atoms with Gasteiger partial charge in [0, 0.05) is 13.0 Å². The summed E-state index contributed by atoms with van der Waals surface area (Å²) in [5.74, 6) is -0.117. The van der Waals surface area contributed by atoms with Crippen LogP contribution in [0.1, 0.15) is 110 Å². The summed E-state index contributed by atoms with van der Waals surface area (Å²) in [5, 5.41) is 3.16. The van der Waals surface area contributed by atoms with Crippen LogP contribution >= 0.6 is 0 Å². The van der Waals surface area contributed by atoms with E-state index in [2.05, 4.69) is 12.2 Å². The van der Waals surface area contributed by atoms with Gasteiger partial charge in [0.1, 0.15) is 0 Å². The van der Waals surface area contributed by atoms with E-state index in [0.717, 1.165) is 19.4 Å². The molecule has 0 aromatic rings. The summed E-state index contributed by atoms with van der Waals surface area (Å²) in [6, 6.07) is 0. The lowest BCUT2D eigenvalue weighted by molar-refractivity contribution is -0.182. The summed E-state index contributed by atoms with van der Waals surface area (Å²) in [6.45, 7) is 4.36. The first-order valence-electron chi connectivity index (χ1n) is 11.3. The van der Waals surface area contributed by atoms with Crippen LogP contribution in [0.15, 0.2) is 0 Å². The van der Waals surface area contributed by atoms with Crippen LogP contribution in [0.3, 0.4) is 0 Å². The Labute approximate surface area is 161 Å².